The van der Waals surface area contributed by atoms with E-state index >= 15 is 0 Å². The molecule has 0 spiro atoms. The Balaban J connectivity index is 1.25. The monoisotopic (exact) mass is 606 g/mol. The number of amides is 1. The number of imidazole rings is 1. The zero-order valence-electron chi connectivity index (χ0n) is 25.9. The number of aromatic nitrogens is 4. The minimum Gasteiger partial charge on any atom is -0.496 e. The van der Waals surface area contributed by atoms with Crippen molar-refractivity contribution in [3.8, 4) is 34.3 Å². The summed E-state index contributed by atoms with van der Waals surface area (Å²) in [5.74, 6) is 3.00. The lowest BCUT2D eigenvalue weighted by Crippen LogP contribution is -2.41. The number of ether oxygens (including phenoxy) is 2. The molecule has 232 valence electrons. The molecule has 2 bridgehead atoms. The average Bonchev–Trinajstić information content (AvgIpc) is 3.47. The first kappa shape index (κ1) is 28.1. The topological polar surface area (TPSA) is 121 Å². The van der Waals surface area contributed by atoms with Crippen molar-refractivity contribution in [2.45, 2.75) is 50.9 Å². The fourth-order valence-electron chi connectivity index (χ4n) is 7.63. The van der Waals surface area contributed by atoms with Crippen molar-refractivity contribution in [2.24, 2.45) is 24.6 Å². The Kier molecular flexibility index (Phi) is 6.61. The summed E-state index contributed by atoms with van der Waals surface area (Å²) in [6, 6.07) is 15.9. The van der Waals surface area contributed by atoms with Gasteiger partial charge in [0.2, 0.25) is 0 Å². The molecule has 45 heavy (non-hydrogen) atoms. The van der Waals surface area contributed by atoms with E-state index < -0.39 is 0 Å². The number of likely N-dealkylation sites (tertiary alicyclic amines) is 1. The maximum Gasteiger partial charge on any atom is 0.254 e. The molecule has 1 saturated heterocycles. The predicted molar refractivity (Wildman–Crippen MR) is 172 cm³/mol. The van der Waals surface area contributed by atoms with Crippen molar-refractivity contribution < 1.29 is 19.4 Å². The van der Waals surface area contributed by atoms with Crippen molar-refractivity contribution >= 4 is 28.0 Å². The number of carbonyl (C=O) groups excluding carboxylic acids is 1. The summed E-state index contributed by atoms with van der Waals surface area (Å²) in [4.78, 5) is 26.0. The molecule has 3 aromatic heterocycles. The van der Waals surface area contributed by atoms with Gasteiger partial charge in [-0.3, -0.25) is 4.79 Å². The van der Waals surface area contributed by atoms with Gasteiger partial charge in [0.1, 0.15) is 22.7 Å². The second-order valence-corrected chi connectivity index (χ2v) is 12.8. The first-order chi connectivity index (χ1) is 21.9. The average molecular weight is 607 g/mol. The summed E-state index contributed by atoms with van der Waals surface area (Å²) in [7, 11) is 5.24. The van der Waals surface area contributed by atoms with Crippen molar-refractivity contribution in [1.82, 2.24) is 24.0 Å². The number of nitrogens with two attached hydrogens (primary N) is 1. The van der Waals surface area contributed by atoms with Crippen molar-refractivity contribution in [1.29, 1.82) is 0 Å². The Labute approximate surface area is 261 Å². The maximum absolute atomic E-state index is 13.7. The Hall–Kier alpha value is -4.41. The van der Waals surface area contributed by atoms with Gasteiger partial charge in [0, 0.05) is 54.3 Å². The second kappa shape index (κ2) is 10.6. The third-order valence-corrected chi connectivity index (χ3v) is 10.2. The van der Waals surface area contributed by atoms with E-state index in [1.807, 2.05) is 48.3 Å². The fourth-order valence-corrected chi connectivity index (χ4v) is 7.63. The minimum atomic E-state index is -0.147. The van der Waals surface area contributed by atoms with E-state index in [2.05, 4.69) is 21.3 Å². The highest BCUT2D eigenvalue weighted by atomic mass is 16.5. The first-order valence-electron chi connectivity index (χ1n) is 15.8. The lowest BCUT2D eigenvalue weighted by Gasteiger charge is -2.27. The lowest BCUT2D eigenvalue weighted by molar-refractivity contribution is 0.0700. The van der Waals surface area contributed by atoms with Crippen LogP contribution in [0, 0.1) is 11.8 Å². The molecule has 4 heterocycles. The molecule has 2 saturated carbocycles. The van der Waals surface area contributed by atoms with Gasteiger partial charge in [-0.15, -0.1) is 0 Å². The normalized spacial score (nSPS) is 20.9. The van der Waals surface area contributed by atoms with Gasteiger partial charge < -0.3 is 34.3 Å². The van der Waals surface area contributed by atoms with E-state index in [0.29, 0.717) is 46.5 Å². The summed E-state index contributed by atoms with van der Waals surface area (Å²) >= 11 is 0. The van der Waals surface area contributed by atoms with Crippen LogP contribution in [0.15, 0.2) is 48.5 Å². The molecule has 1 aliphatic heterocycles. The minimum absolute atomic E-state index is 0.00980. The Morgan fingerprint density at radius 2 is 1.84 bits per heavy atom. The number of benzene rings is 2. The number of pyridine rings is 1. The number of piperidine rings is 1. The number of carbonyl (C=O) groups is 1. The number of hydrogen-bond donors (Lipinski definition) is 2. The number of aryl methyl sites for hydroxylation is 1. The van der Waals surface area contributed by atoms with E-state index in [4.69, 9.17) is 25.2 Å². The van der Waals surface area contributed by atoms with Crippen LogP contribution in [0.4, 0.5) is 0 Å². The van der Waals surface area contributed by atoms with Gasteiger partial charge in [-0.1, -0.05) is 12.1 Å². The molecule has 3 N–H and O–H groups in total. The number of aliphatic hydroxyl groups is 1. The molecular weight excluding hydrogens is 568 g/mol. The standard InChI is InChI=1S/C35H38N6O4/c1-39-32-26(13-22(15-30(32)45-3)35(43)41-17-21-10-12-27(41)31(21)36)38-34(39)28-14-20-9-11-25(37-33(20)40(28)16-19-7-8-19)23-5-4-6-29(44-2)24(23)18-42/h4-6,9,11,13-15,19,21,27,31,42H,7-8,10,12,16-18,36H2,1-3H3/t21-,27-,31-/m1/s1. The van der Waals surface area contributed by atoms with Crippen molar-refractivity contribution in [2.75, 3.05) is 20.8 Å². The predicted octanol–water partition coefficient (Wildman–Crippen LogP) is 4.74. The Bertz CT molecular complexity index is 1970. The molecule has 2 aliphatic carbocycles. The molecule has 5 aromatic rings. The van der Waals surface area contributed by atoms with E-state index in [1.54, 1.807) is 14.2 Å². The number of aliphatic hydroxyl groups excluding tert-OH is 1. The first-order valence-corrected chi connectivity index (χ1v) is 15.8. The molecule has 3 atom stereocenters. The van der Waals surface area contributed by atoms with Crippen LogP contribution in [-0.4, -0.2) is 67.9 Å². The van der Waals surface area contributed by atoms with Crippen LogP contribution in [0.1, 0.15) is 41.6 Å². The number of fused-ring (bicyclic) bond motifs is 4. The summed E-state index contributed by atoms with van der Waals surface area (Å²) in [5, 5.41) is 11.2. The Morgan fingerprint density at radius 3 is 2.53 bits per heavy atom. The van der Waals surface area contributed by atoms with Crippen LogP contribution in [0.25, 0.3) is 44.8 Å². The third-order valence-electron chi connectivity index (χ3n) is 10.2. The van der Waals surface area contributed by atoms with Gasteiger partial charge in [0.05, 0.1) is 37.7 Å². The van der Waals surface area contributed by atoms with E-state index in [-0.39, 0.29) is 24.6 Å². The molecule has 2 aromatic carbocycles. The van der Waals surface area contributed by atoms with Gasteiger partial charge in [0.15, 0.2) is 5.82 Å². The smallest absolute Gasteiger partial charge is 0.254 e. The molecule has 0 unspecified atom stereocenters. The van der Waals surface area contributed by atoms with Gasteiger partial charge in [0.25, 0.3) is 5.91 Å². The molecule has 0 radical (unpaired) electrons. The summed E-state index contributed by atoms with van der Waals surface area (Å²) in [6.07, 6.45) is 4.43. The molecular formula is C35H38N6O4. The van der Waals surface area contributed by atoms with Crippen LogP contribution >= 0.6 is 0 Å². The lowest BCUT2D eigenvalue weighted by atomic mass is 10.0. The number of methoxy groups -OCH3 is 2. The van der Waals surface area contributed by atoms with Crippen LogP contribution in [-0.2, 0) is 20.2 Å². The highest BCUT2D eigenvalue weighted by Gasteiger charge is 2.47. The molecule has 3 aliphatic rings. The molecule has 3 fully saturated rings. The number of rotatable bonds is 8. The maximum atomic E-state index is 13.7. The van der Waals surface area contributed by atoms with E-state index in [0.717, 1.165) is 58.7 Å². The van der Waals surface area contributed by atoms with E-state index in [9.17, 15) is 9.90 Å². The highest BCUT2D eigenvalue weighted by molar-refractivity contribution is 6.00. The van der Waals surface area contributed by atoms with Gasteiger partial charge in [-0.2, -0.15) is 0 Å². The van der Waals surface area contributed by atoms with Crippen molar-refractivity contribution in [3.63, 3.8) is 0 Å². The van der Waals surface area contributed by atoms with Crippen LogP contribution in [0.3, 0.4) is 0 Å². The molecule has 10 nitrogen and oxygen atoms in total. The summed E-state index contributed by atoms with van der Waals surface area (Å²) in [6.45, 7) is 1.40. The zero-order chi connectivity index (χ0) is 31.0. The zero-order valence-corrected chi connectivity index (χ0v) is 25.9. The van der Waals surface area contributed by atoms with Gasteiger partial charge in [-0.05, 0) is 73.9 Å². The Morgan fingerprint density at radius 1 is 1.02 bits per heavy atom. The summed E-state index contributed by atoms with van der Waals surface area (Å²) in [5.41, 5.74) is 12.7. The van der Waals surface area contributed by atoms with E-state index in [1.165, 1.54) is 12.8 Å². The third kappa shape index (κ3) is 4.41. The quantitative estimate of drug-likeness (QED) is 0.262. The SMILES string of the molecule is COc1cccc(-c2ccc3cc(-c4nc5cc(C(=O)N6C[C@H]7CC[C@@H]6[C@@H]7N)cc(OC)c5n4C)n(CC4CC4)c3n2)c1CO. The van der Waals surface area contributed by atoms with Gasteiger partial charge >= 0.3 is 0 Å². The van der Waals surface area contributed by atoms with Crippen LogP contribution in [0.2, 0.25) is 0 Å². The number of nitrogens with zero attached hydrogens (tertiary/aromatic N) is 5. The van der Waals surface area contributed by atoms with Crippen LogP contribution in [0.5, 0.6) is 11.5 Å². The summed E-state index contributed by atoms with van der Waals surface area (Å²) < 4.78 is 15.7. The number of hydrogen-bond acceptors (Lipinski definition) is 7. The molecule has 1 amide bonds. The highest BCUT2D eigenvalue weighted by Crippen LogP contribution is 2.41. The van der Waals surface area contributed by atoms with Crippen molar-refractivity contribution in [3.05, 3.63) is 59.7 Å². The van der Waals surface area contributed by atoms with Crippen LogP contribution < -0.4 is 15.2 Å². The second-order valence-electron chi connectivity index (χ2n) is 12.8. The molecule has 10 heteroatoms. The van der Waals surface area contributed by atoms with Gasteiger partial charge in [-0.25, -0.2) is 9.97 Å². The largest absolute Gasteiger partial charge is 0.496 e. The fraction of sp³-hybridized carbons (Fsp3) is 0.400. The molecule has 8 rings (SSSR count).